The second kappa shape index (κ2) is 9.11. The standard InChI is InChI=1S/C18H22N6O5S/c1-10(17(26)20-13-9-12(24(27)28)5-6-14(13)29-2)30-18-22-21-16(11-3-4-11)23(18)8-7-15(19)25/h5-6,9-11H,3-4,7-8H2,1-2H3,(H2,19,25)(H,20,26). The minimum Gasteiger partial charge on any atom is -0.495 e. The largest absolute Gasteiger partial charge is 0.495 e. The van der Waals surface area contributed by atoms with E-state index in [2.05, 4.69) is 15.5 Å². The Kier molecular flexibility index (Phi) is 6.55. The number of carbonyl (C=O) groups excluding carboxylic acids is 2. The summed E-state index contributed by atoms with van der Waals surface area (Å²) >= 11 is 1.19. The highest BCUT2D eigenvalue weighted by Crippen LogP contribution is 2.40. The van der Waals surface area contributed by atoms with Crippen LogP contribution in [0, 0.1) is 10.1 Å². The molecule has 0 saturated heterocycles. The van der Waals surface area contributed by atoms with Gasteiger partial charge in [-0.1, -0.05) is 11.8 Å². The van der Waals surface area contributed by atoms with Gasteiger partial charge >= 0.3 is 0 Å². The van der Waals surface area contributed by atoms with E-state index in [-0.39, 0.29) is 23.7 Å². The van der Waals surface area contributed by atoms with Crippen molar-refractivity contribution < 1.29 is 19.2 Å². The van der Waals surface area contributed by atoms with Crippen LogP contribution in [0.25, 0.3) is 0 Å². The highest BCUT2D eigenvalue weighted by Gasteiger charge is 2.31. The fourth-order valence-electron chi connectivity index (χ4n) is 2.82. The van der Waals surface area contributed by atoms with Gasteiger partial charge in [-0.2, -0.15) is 0 Å². The molecule has 0 radical (unpaired) electrons. The maximum atomic E-state index is 12.7. The van der Waals surface area contributed by atoms with E-state index in [9.17, 15) is 19.7 Å². The van der Waals surface area contributed by atoms with Crippen molar-refractivity contribution in [2.45, 2.75) is 49.1 Å². The Balaban J connectivity index is 1.74. The van der Waals surface area contributed by atoms with Gasteiger partial charge in [-0.3, -0.25) is 19.7 Å². The number of aromatic nitrogens is 3. The first kappa shape index (κ1) is 21.6. The van der Waals surface area contributed by atoms with Gasteiger partial charge in [-0.15, -0.1) is 10.2 Å². The van der Waals surface area contributed by atoms with E-state index in [0.29, 0.717) is 23.4 Å². The van der Waals surface area contributed by atoms with Crippen molar-refractivity contribution in [1.29, 1.82) is 0 Å². The molecule has 0 spiro atoms. The van der Waals surface area contributed by atoms with E-state index in [4.69, 9.17) is 10.5 Å². The molecule has 160 valence electrons. The monoisotopic (exact) mass is 434 g/mol. The third kappa shape index (κ3) is 5.06. The fraction of sp³-hybridized carbons (Fsp3) is 0.444. The summed E-state index contributed by atoms with van der Waals surface area (Å²) in [6.07, 6.45) is 2.18. The number of ether oxygens (including phenoxy) is 1. The molecule has 12 heteroatoms. The molecule has 1 aromatic carbocycles. The number of nitrogens with zero attached hydrogens (tertiary/aromatic N) is 4. The second-order valence-electron chi connectivity index (χ2n) is 6.87. The fourth-order valence-corrected chi connectivity index (χ4v) is 3.70. The van der Waals surface area contributed by atoms with Crippen LogP contribution in [0.15, 0.2) is 23.4 Å². The molecule has 2 aromatic rings. The molecule has 0 bridgehead atoms. The maximum Gasteiger partial charge on any atom is 0.271 e. The molecule has 3 N–H and O–H groups in total. The van der Waals surface area contributed by atoms with Crippen molar-refractivity contribution in [2.75, 3.05) is 12.4 Å². The number of benzene rings is 1. The van der Waals surface area contributed by atoms with Crippen molar-refractivity contribution >= 4 is 35.0 Å². The Hall–Kier alpha value is -3.15. The maximum absolute atomic E-state index is 12.7. The van der Waals surface area contributed by atoms with Crippen LogP contribution in [-0.2, 0) is 16.1 Å². The smallest absolute Gasteiger partial charge is 0.271 e. The van der Waals surface area contributed by atoms with Crippen molar-refractivity contribution in [3.8, 4) is 5.75 Å². The number of hydrogen-bond donors (Lipinski definition) is 2. The zero-order valence-electron chi connectivity index (χ0n) is 16.5. The molecule has 0 aliphatic heterocycles. The number of methoxy groups -OCH3 is 1. The van der Waals surface area contributed by atoms with Crippen LogP contribution in [0.1, 0.15) is 37.9 Å². The van der Waals surface area contributed by atoms with E-state index < -0.39 is 16.1 Å². The number of nitro benzene ring substituents is 1. The van der Waals surface area contributed by atoms with Crippen LogP contribution in [0.4, 0.5) is 11.4 Å². The lowest BCUT2D eigenvalue weighted by Gasteiger charge is -2.15. The SMILES string of the molecule is COc1ccc([N+](=O)[O-])cc1NC(=O)C(C)Sc1nnc(C2CC2)n1CCC(N)=O. The lowest BCUT2D eigenvalue weighted by atomic mass is 10.2. The lowest BCUT2D eigenvalue weighted by Crippen LogP contribution is -2.23. The number of thioether (sulfide) groups is 1. The van der Waals surface area contributed by atoms with Gasteiger partial charge in [0, 0.05) is 31.0 Å². The summed E-state index contributed by atoms with van der Waals surface area (Å²) in [6, 6.07) is 3.97. The number of nitro groups is 1. The minimum absolute atomic E-state index is 0.150. The molecule has 2 amide bonds. The molecular weight excluding hydrogens is 412 g/mol. The van der Waals surface area contributed by atoms with Gasteiger partial charge in [-0.05, 0) is 25.8 Å². The van der Waals surface area contributed by atoms with Gasteiger partial charge in [0.15, 0.2) is 5.16 Å². The van der Waals surface area contributed by atoms with Crippen LogP contribution >= 0.6 is 11.8 Å². The topological polar surface area (TPSA) is 155 Å². The van der Waals surface area contributed by atoms with E-state index in [1.165, 1.54) is 37.1 Å². The molecule has 1 atom stereocenters. The number of nitrogens with one attached hydrogen (secondary N) is 1. The van der Waals surface area contributed by atoms with Gasteiger partial charge in [0.05, 0.1) is 23.0 Å². The number of primary amides is 1. The first-order chi connectivity index (χ1) is 14.3. The van der Waals surface area contributed by atoms with Crippen molar-refractivity contribution in [1.82, 2.24) is 14.8 Å². The second-order valence-corrected chi connectivity index (χ2v) is 8.18. The molecule has 1 heterocycles. The summed E-state index contributed by atoms with van der Waals surface area (Å²) in [5.41, 5.74) is 5.32. The summed E-state index contributed by atoms with van der Waals surface area (Å²) in [7, 11) is 1.41. The van der Waals surface area contributed by atoms with Crippen LogP contribution in [0.5, 0.6) is 5.75 Å². The summed E-state index contributed by atoms with van der Waals surface area (Å²) in [5.74, 6) is 0.623. The van der Waals surface area contributed by atoms with Gasteiger partial charge in [0.2, 0.25) is 11.8 Å². The average Bonchev–Trinajstić information content (AvgIpc) is 3.47. The highest BCUT2D eigenvalue weighted by atomic mass is 32.2. The number of anilines is 1. The average molecular weight is 434 g/mol. The van der Waals surface area contributed by atoms with Crippen LogP contribution in [-0.4, -0.2) is 43.9 Å². The first-order valence-corrected chi connectivity index (χ1v) is 10.2. The van der Waals surface area contributed by atoms with E-state index in [1.807, 2.05) is 4.57 Å². The highest BCUT2D eigenvalue weighted by molar-refractivity contribution is 8.00. The zero-order valence-corrected chi connectivity index (χ0v) is 17.3. The quantitative estimate of drug-likeness (QED) is 0.327. The Morgan fingerprint density at radius 2 is 2.17 bits per heavy atom. The molecular formula is C18H22N6O5S. The van der Waals surface area contributed by atoms with Crippen molar-refractivity contribution in [3.05, 3.63) is 34.1 Å². The predicted octanol–water partition coefficient (Wildman–Crippen LogP) is 2.07. The van der Waals surface area contributed by atoms with Gasteiger partial charge in [-0.25, -0.2) is 0 Å². The molecule has 11 nitrogen and oxygen atoms in total. The predicted molar refractivity (Wildman–Crippen MR) is 109 cm³/mol. The number of rotatable bonds is 10. The summed E-state index contributed by atoms with van der Waals surface area (Å²) in [5, 5.41) is 22.0. The Labute approximate surface area is 176 Å². The summed E-state index contributed by atoms with van der Waals surface area (Å²) < 4.78 is 7.01. The third-order valence-electron chi connectivity index (χ3n) is 4.57. The molecule has 1 saturated carbocycles. The van der Waals surface area contributed by atoms with Gasteiger partial charge in [0.25, 0.3) is 5.69 Å². The van der Waals surface area contributed by atoms with E-state index >= 15 is 0 Å². The summed E-state index contributed by atoms with van der Waals surface area (Å²) in [6.45, 7) is 2.04. The Bertz CT molecular complexity index is 974. The number of carbonyl (C=O) groups is 2. The molecule has 1 unspecified atom stereocenters. The van der Waals surface area contributed by atoms with E-state index in [0.717, 1.165) is 18.7 Å². The number of hydrogen-bond acceptors (Lipinski definition) is 8. The molecule has 30 heavy (non-hydrogen) atoms. The third-order valence-corrected chi connectivity index (χ3v) is 5.65. The van der Waals surface area contributed by atoms with Crippen LogP contribution in [0.3, 0.4) is 0 Å². The number of amides is 2. The van der Waals surface area contributed by atoms with Crippen molar-refractivity contribution in [3.63, 3.8) is 0 Å². The lowest BCUT2D eigenvalue weighted by molar-refractivity contribution is -0.384. The Morgan fingerprint density at radius 1 is 1.43 bits per heavy atom. The molecule has 3 rings (SSSR count). The number of nitrogens with two attached hydrogens (primary N) is 1. The zero-order chi connectivity index (χ0) is 21.8. The first-order valence-electron chi connectivity index (χ1n) is 9.31. The molecule has 1 aliphatic carbocycles. The Morgan fingerprint density at radius 3 is 2.77 bits per heavy atom. The van der Waals surface area contributed by atoms with E-state index in [1.54, 1.807) is 6.92 Å². The van der Waals surface area contributed by atoms with Gasteiger partial charge in [0.1, 0.15) is 11.6 Å². The van der Waals surface area contributed by atoms with Crippen LogP contribution < -0.4 is 15.8 Å². The minimum atomic E-state index is -0.586. The van der Waals surface area contributed by atoms with Crippen molar-refractivity contribution in [2.24, 2.45) is 5.73 Å². The molecule has 1 fully saturated rings. The number of non-ortho nitro benzene ring substituents is 1. The normalized spacial score (nSPS) is 14.2. The van der Waals surface area contributed by atoms with Crippen LogP contribution in [0.2, 0.25) is 0 Å². The van der Waals surface area contributed by atoms with Gasteiger partial charge < -0.3 is 20.4 Å². The summed E-state index contributed by atoms with van der Waals surface area (Å²) in [4.78, 5) is 34.4. The molecule has 1 aliphatic rings. The molecule has 1 aromatic heterocycles.